The Morgan fingerprint density at radius 1 is 1.10 bits per heavy atom. The highest BCUT2D eigenvalue weighted by molar-refractivity contribution is 14.0. The molecule has 0 saturated carbocycles. The van der Waals surface area contributed by atoms with Crippen molar-refractivity contribution < 1.29 is 4.42 Å². The number of fused-ring (bicyclic) bond motifs is 1. The molecule has 3 aromatic rings. The highest BCUT2D eigenvalue weighted by Gasteiger charge is 2.15. The number of rotatable bonds is 5. The van der Waals surface area contributed by atoms with Gasteiger partial charge in [0.25, 0.3) is 0 Å². The summed E-state index contributed by atoms with van der Waals surface area (Å²) in [7, 11) is 1.75. The molecule has 160 valence electrons. The van der Waals surface area contributed by atoms with E-state index >= 15 is 0 Å². The number of oxazole rings is 1. The van der Waals surface area contributed by atoms with Crippen LogP contribution in [-0.4, -0.2) is 32.8 Å². The number of nitrogens with one attached hydrogen (secondary N) is 2. The van der Waals surface area contributed by atoms with Crippen molar-refractivity contribution in [2.75, 3.05) is 7.05 Å². The third-order valence-electron chi connectivity index (χ3n) is 5.11. The van der Waals surface area contributed by atoms with Gasteiger partial charge in [-0.2, -0.15) is 0 Å². The Hall–Kier alpha value is -2.43. The first-order valence-corrected chi connectivity index (χ1v) is 10.1. The molecule has 0 saturated heterocycles. The lowest BCUT2D eigenvalue weighted by atomic mass is 10.1. The zero-order chi connectivity index (χ0) is 20.1. The van der Waals surface area contributed by atoms with Crippen LogP contribution in [0.1, 0.15) is 42.2 Å². The fraction of sp³-hybridized carbons (Fsp3) is 0.429. The molecule has 0 aliphatic carbocycles. The first-order chi connectivity index (χ1) is 14.2. The van der Waals surface area contributed by atoms with Gasteiger partial charge in [-0.1, -0.05) is 24.1 Å². The van der Waals surface area contributed by atoms with E-state index in [1.54, 1.807) is 13.3 Å². The van der Waals surface area contributed by atoms with Crippen molar-refractivity contribution in [3.63, 3.8) is 0 Å². The number of aliphatic imine (C=N–C) groups is 1. The molecule has 2 N–H and O–H groups in total. The third kappa shape index (κ3) is 5.38. The van der Waals surface area contributed by atoms with Gasteiger partial charge in [-0.3, -0.25) is 4.99 Å². The smallest absolute Gasteiger partial charge is 0.226 e. The second kappa shape index (κ2) is 10.6. The van der Waals surface area contributed by atoms with Gasteiger partial charge in [0.15, 0.2) is 11.8 Å². The van der Waals surface area contributed by atoms with Crippen molar-refractivity contribution in [3.05, 3.63) is 53.4 Å². The topological polar surface area (TPSA) is 93.2 Å². The monoisotopic (exact) mass is 521 g/mol. The van der Waals surface area contributed by atoms with E-state index in [4.69, 9.17) is 4.42 Å². The summed E-state index contributed by atoms with van der Waals surface area (Å²) in [6, 6.07) is 8.13. The number of aromatic nitrogens is 4. The number of benzene rings is 1. The first kappa shape index (κ1) is 22.3. The van der Waals surface area contributed by atoms with E-state index < -0.39 is 0 Å². The molecule has 0 fully saturated rings. The van der Waals surface area contributed by atoms with Gasteiger partial charge in [0, 0.05) is 25.6 Å². The van der Waals surface area contributed by atoms with Crippen molar-refractivity contribution >= 4 is 29.9 Å². The van der Waals surface area contributed by atoms with E-state index in [9.17, 15) is 0 Å². The van der Waals surface area contributed by atoms with E-state index in [-0.39, 0.29) is 24.0 Å². The van der Waals surface area contributed by atoms with Gasteiger partial charge in [0.05, 0.1) is 18.8 Å². The molecule has 3 heterocycles. The summed E-state index contributed by atoms with van der Waals surface area (Å²) in [6.45, 7) is 4.16. The van der Waals surface area contributed by atoms with Crippen LogP contribution in [0.3, 0.4) is 0 Å². The molecule has 4 rings (SSSR count). The van der Waals surface area contributed by atoms with Crippen LogP contribution in [0.5, 0.6) is 0 Å². The lowest BCUT2D eigenvalue weighted by Crippen LogP contribution is -2.37. The fourth-order valence-electron chi connectivity index (χ4n) is 3.45. The maximum absolute atomic E-state index is 5.62. The largest absolute Gasteiger partial charge is 0.444 e. The van der Waals surface area contributed by atoms with Crippen molar-refractivity contribution in [3.8, 4) is 11.5 Å². The Bertz CT molecular complexity index is 978. The quantitative estimate of drug-likeness (QED) is 0.304. The number of aryl methyl sites for hydroxylation is 2. The standard InChI is InChI=1S/C21H27N7O.HI/c1-15-7-9-16(10-8-15)20-25-17(14-29-20)12-23-21(22-2)24-13-19-27-26-18-6-4-3-5-11-28(18)19;/h7-10,14H,3-6,11-13H2,1-2H3,(H2,22,23,24);1H. The van der Waals surface area contributed by atoms with Crippen LogP contribution in [-0.2, 0) is 26.1 Å². The lowest BCUT2D eigenvalue weighted by Gasteiger charge is -2.11. The summed E-state index contributed by atoms with van der Waals surface area (Å²) < 4.78 is 7.85. The molecule has 0 atom stereocenters. The second-order valence-electron chi connectivity index (χ2n) is 7.28. The van der Waals surface area contributed by atoms with Gasteiger partial charge in [-0.25, -0.2) is 4.98 Å². The Morgan fingerprint density at radius 2 is 1.90 bits per heavy atom. The molecule has 1 aromatic carbocycles. The molecule has 1 aliphatic heterocycles. The maximum atomic E-state index is 5.62. The number of hydrogen-bond acceptors (Lipinski definition) is 5. The second-order valence-corrected chi connectivity index (χ2v) is 7.28. The molecule has 0 unspecified atom stereocenters. The Morgan fingerprint density at radius 3 is 2.70 bits per heavy atom. The van der Waals surface area contributed by atoms with Crippen molar-refractivity contribution in [1.29, 1.82) is 0 Å². The number of nitrogens with zero attached hydrogens (tertiary/aromatic N) is 5. The predicted molar refractivity (Wildman–Crippen MR) is 127 cm³/mol. The zero-order valence-corrected chi connectivity index (χ0v) is 19.7. The van der Waals surface area contributed by atoms with Crippen LogP contribution >= 0.6 is 24.0 Å². The minimum Gasteiger partial charge on any atom is -0.444 e. The normalized spacial score (nSPS) is 13.9. The maximum Gasteiger partial charge on any atom is 0.226 e. The van der Waals surface area contributed by atoms with Gasteiger partial charge < -0.3 is 19.6 Å². The van der Waals surface area contributed by atoms with E-state index in [1.165, 1.54) is 24.8 Å². The molecular formula is C21H28IN7O. The minimum absolute atomic E-state index is 0. The molecule has 1 aliphatic rings. The Balaban J connectivity index is 0.00000256. The molecule has 0 spiro atoms. The summed E-state index contributed by atoms with van der Waals surface area (Å²) in [5, 5.41) is 15.3. The van der Waals surface area contributed by atoms with E-state index in [0.29, 0.717) is 24.9 Å². The van der Waals surface area contributed by atoms with Gasteiger partial charge in [-0.15, -0.1) is 34.2 Å². The number of hydrogen-bond donors (Lipinski definition) is 2. The minimum atomic E-state index is 0. The summed E-state index contributed by atoms with van der Waals surface area (Å²) in [5.74, 6) is 3.35. The van der Waals surface area contributed by atoms with E-state index in [0.717, 1.165) is 35.9 Å². The lowest BCUT2D eigenvalue weighted by molar-refractivity contribution is 0.572. The van der Waals surface area contributed by atoms with Crippen LogP contribution in [0.15, 0.2) is 39.9 Å². The molecule has 0 amide bonds. The molecule has 0 radical (unpaired) electrons. The highest BCUT2D eigenvalue weighted by Crippen LogP contribution is 2.19. The van der Waals surface area contributed by atoms with Crippen LogP contribution < -0.4 is 10.6 Å². The Labute approximate surface area is 193 Å². The highest BCUT2D eigenvalue weighted by atomic mass is 127. The Kier molecular flexibility index (Phi) is 7.83. The summed E-state index contributed by atoms with van der Waals surface area (Å²) >= 11 is 0. The van der Waals surface area contributed by atoms with Crippen molar-refractivity contribution in [2.24, 2.45) is 4.99 Å². The molecule has 30 heavy (non-hydrogen) atoms. The SMILES string of the molecule is CN=C(NCc1coc(-c2ccc(C)cc2)n1)NCc1nnc2n1CCCCC2.I. The summed E-state index contributed by atoms with van der Waals surface area (Å²) in [5.41, 5.74) is 3.00. The fourth-order valence-corrected chi connectivity index (χ4v) is 3.45. The van der Waals surface area contributed by atoms with E-state index in [2.05, 4.69) is 54.4 Å². The molecule has 9 heteroatoms. The van der Waals surface area contributed by atoms with Crippen molar-refractivity contribution in [2.45, 2.75) is 52.2 Å². The van der Waals surface area contributed by atoms with E-state index in [1.807, 2.05) is 12.1 Å². The predicted octanol–water partition coefficient (Wildman–Crippen LogP) is 3.45. The zero-order valence-electron chi connectivity index (χ0n) is 17.4. The van der Waals surface area contributed by atoms with Crippen LogP contribution in [0, 0.1) is 6.92 Å². The molecular weight excluding hydrogens is 493 g/mol. The summed E-state index contributed by atoms with van der Waals surface area (Å²) in [6.07, 6.45) is 6.31. The number of halogens is 1. The van der Waals surface area contributed by atoms with Crippen LogP contribution in [0.25, 0.3) is 11.5 Å². The number of guanidine groups is 1. The molecule has 0 bridgehead atoms. The van der Waals surface area contributed by atoms with Gasteiger partial charge >= 0.3 is 0 Å². The van der Waals surface area contributed by atoms with Crippen LogP contribution in [0.2, 0.25) is 0 Å². The van der Waals surface area contributed by atoms with Gasteiger partial charge in [-0.05, 0) is 31.9 Å². The molecule has 2 aromatic heterocycles. The van der Waals surface area contributed by atoms with Crippen molar-refractivity contribution in [1.82, 2.24) is 30.4 Å². The first-order valence-electron chi connectivity index (χ1n) is 10.1. The van der Waals surface area contributed by atoms with Crippen LogP contribution in [0.4, 0.5) is 0 Å². The van der Waals surface area contributed by atoms with Gasteiger partial charge in [0.2, 0.25) is 5.89 Å². The summed E-state index contributed by atoms with van der Waals surface area (Å²) in [4.78, 5) is 8.84. The van der Waals surface area contributed by atoms with Gasteiger partial charge in [0.1, 0.15) is 12.1 Å². The average molecular weight is 521 g/mol. The third-order valence-corrected chi connectivity index (χ3v) is 5.11. The average Bonchev–Trinajstić information content (AvgIpc) is 3.29. The molecule has 8 nitrogen and oxygen atoms in total.